The molecule has 1 amide bonds. The van der Waals surface area contributed by atoms with Gasteiger partial charge in [-0.2, -0.15) is 10.2 Å². The van der Waals surface area contributed by atoms with Gasteiger partial charge in [0.1, 0.15) is 6.17 Å². The SMILES string of the molecule is Cn1cc(N2Cc3nn(-c4ccc(N5CC[C@H](F)C5)nn4)cc3C2=O)cn1. The molecule has 5 heterocycles. The van der Waals surface area contributed by atoms with E-state index >= 15 is 0 Å². The second kappa shape index (κ2) is 5.86. The highest BCUT2D eigenvalue weighted by molar-refractivity contribution is 6.09. The molecule has 2 aliphatic rings. The lowest BCUT2D eigenvalue weighted by Crippen LogP contribution is -2.23. The number of carbonyl (C=O) groups is 1. The molecule has 5 rings (SSSR count). The minimum Gasteiger partial charge on any atom is -0.352 e. The zero-order chi connectivity index (χ0) is 18.5. The van der Waals surface area contributed by atoms with Gasteiger partial charge in [0.15, 0.2) is 11.6 Å². The first-order chi connectivity index (χ1) is 13.1. The van der Waals surface area contributed by atoms with Crippen molar-refractivity contribution >= 4 is 17.4 Å². The average molecular weight is 368 g/mol. The molecule has 0 aromatic carbocycles. The van der Waals surface area contributed by atoms with Crippen LogP contribution in [0.2, 0.25) is 0 Å². The van der Waals surface area contributed by atoms with Crippen molar-refractivity contribution in [3.8, 4) is 5.82 Å². The number of hydrogen-bond donors (Lipinski definition) is 0. The van der Waals surface area contributed by atoms with Gasteiger partial charge in [-0.15, -0.1) is 10.2 Å². The van der Waals surface area contributed by atoms with Gasteiger partial charge >= 0.3 is 0 Å². The predicted molar refractivity (Wildman–Crippen MR) is 94.6 cm³/mol. The van der Waals surface area contributed by atoms with Gasteiger partial charge in [-0.05, 0) is 18.6 Å². The van der Waals surface area contributed by atoms with Crippen LogP contribution in [-0.4, -0.2) is 54.9 Å². The van der Waals surface area contributed by atoms with Crippen LogP contribution in [0.15, 0.2) is 30.7 Å². The van der Waals surface area contributed by atoms with E-state index in [2.05, 4.69) is 20.4 Å². The highest BCUT2D eigenvalue weighted by atomic mass is 19.1. The van der Waals surface area contributed by atoms with Crippen molar-refractivity contribution in [3.63, 3.8) is 0 Å². The molecule has 138 valence electrons. The number of amides is 1. The first-order valence-electron chi connectivity index (χ1n) is 8.70. The van der Waals surface area contributed by atoms with Crippen molar-refractivity contribution in [1.82, 2.24) is 29.8 Å². The molecule has 10 heteroatoms. The average Bonchev–Trinajstić information content (AvgIpc) is 3.42. The molecule has 0 radical (unpaired) electrons. The monoisotopic (exact) mass is 368 g/mol. The Bertz CT molecular complexity index is 1010. The summed E-state index contributed by atoms with van der Waals surface area (Å²) in [6.07, 6.45) is 4.83. The Hall–Kier alpha value is -3.30. The predicted octanol–water partition coefficient (Wildman–Crippen LogP) is 1.10. The fourth-order valence-electron chi connectivity index (χ4n) is 3.48. The molecule has 0 saturated carbocycles. The molecule has 0 N–H and O–H groups in total. The van der Waals surface area contributed by atoms with E-state index in [0.717, 1.165) is 5.69 Å². The zero-order valence-corrected chi connectivity index (χ0v) is 14.7. The maximum absolute atomic E-state index is 13.3. The summed E-state index contributed by atoms with van der Waals surface area (Å²) in [5, 5.41) is 17.0. The largest absolute Gasteiger partial charge is 0.352 e. The summed E-state index contributed by atoms with van der Waals surface area (Å²) in [5.74, 6) is 1.06. The molecular weight excluding hydrogens is 351 g/mol. The number of fused-ring (bicyclic) bond motifs is 1. The van der Waals surface area contributed by atoms with E-state index in [0.29, 0.717) is 48.9 Å². The van der Waals surface area contributed by atoms with Gasteiger partial charge in [-0.3, -0.25) is 14.4 Å². The van der Waals surface area contributed by atoms with Gasteiger partial charge in [-0.25, -0.2) is 9.07 Å². The molecule has 3 aromatic heterocycles. The van der Waals surface area contributed by atoms with Crippen LogP contribution in [0.4, 0.5) is 15.9 Å². The molecule has 9 nitrogen and oxygen atoms in total. The second-order valence-corrected chi connectivity index (χ2v) is 6.78. The minimum absolute atomic E-state index is 0.111. The Morgan fingerprint density at radius 3 is 2.63 bits per heavy atom. The van der Waals surface area contributed by atoms with Gasteiger partial charge in [0.05, 0.1) is 36.2 Å². The number of rotatable bonds is 3. The Morgan fingerprint density at radius 2 is 2.00 bits per heavy atom. The number of carbonyl (C=O) groups excluding carboxylic acids is 1. The Morgan fingerprint density at radius 1 is 1.19 bits per heavy atom. The summed E-state index contributed by atoms with van der Waals surface area (Å²) in [5.41, 5.74) is 1.98. The van der Waals surface area contributed by atoms with Gasteiger partial charge < -0.3 is 4.90 Å². The number of alkyl halides is 1. The van der Waals surface area contributed by atoms with Crippen LogP contribution in [0.1, 0.15) is 22.5 Å². The van der Waals surface area contributed by atoms with Crippen LogP contribution < -0.4 is 9.80 Å². The third-order valence-corrected chi connectivity index (χ3v) is 4.90. The first kappa shape index (κ1) is 15.9. The molecule has 0 bridgehead atoms. The third-order valence-electron chi connectivity index (χ3n) is 4.90. The van der Waals surface area contributed by atoms with Crippen LogP contribution in [0, 0.1) is 0 Å². The van der Waals surface area contributed by atoms with Crippen molar-refractivity contribution < 1.29 is 9.18 Å². The van der Waals surface area contributed by atoms with E-state index in [9.17, 15) is 9.18 Å². The quantitative estimate of drug-likeness (QED) is 0.688. The normalized spacial score (nSPS) is 19.2. The molecule has 2 aliphatic heterocycles. The van der Waals surface area contributed by atoms with Crippen molar-refractivity contribution in [2.75, 3.05) is 22.9 Å². The van der Waals surface area contributed by atoms with Crippen LogP contribution >= 0.6 is 0 Å². The van der Waals surface area contributed by atoms with Crippen LogP contribution in [-0.2, 0) is 13.6 Å². The summed E-state index contributed by atoms with van der Waals surface area (Å²) in [6.45, 7) is 1.39. The van der Waals surface area contributed by atoms with E-state index in [4.69, 9.17) is 0 Å². The van der Waals surface area contributed by atoms with E-state index in [1.54, 1.807) is 45.0 Å². The lowest BCUT2D eigenvalue weighted by Gasteiger charge is -2.15. The fraction of sp³-hybridized carbons (Fsp3) is 0.353. The molecule has 1 saturated heterocycles. The lowest BCUT2D eigenvalue weighted by molar-refractivity contribution is 0.0996. The summed E-state index contributed by atoms with van der Waals surface area (Å²) in [4.78, 5) is 16.2. The van der Waals surface area contributed by atoms with Crippen LogP contribution in [0.3, 0.4) is 0 Å². The highest BCUT2D eigenvalue weighted by Gasteiger charge is 2.33. The number of anilines is 2. The topological polar surface area (TPSA) is 85.0 Å². The van der Waals surface area contributed by atoms with E-state index in [1.807, 2.05) is 11.9 Å². The van der Waals surface area contributed by atoms with Gasteiger partial charge in [0.2, 0.25) is 0 Å². The van der Waals surface area contributed by atoms with Crippen molar-refractivity contribution in [3.05, 3.63) is 42.0 Å². The Labute approximate surface area is 154 Å². The number of halogens is 1. The molecule has 0 aliphatic carbocycles. The minimum atomic E-state index is -0.811. The number of aryl methyl sites for hydroxylation is 1. The second-order valence-electron chi connectivity index (χ2n) is 6.78. The summed E-state index contributed by atoms with van der Waals surface area (Å²) >= 11 is 0. The Balaban J connectivity index is 1.37. The van der Waals surface area contributed by atoms with Gasteiger partial charge in [0, 0.05) is 26.0 Å². The Kier molecular flexibility index (Phi) is 3.46. The number of aromatic nitrogens is 6. The fourth-order valence-corrected chi connectivity index (χ4v) is 3.48. The molecule has 27 heavy (non-hydrogen) atoms. The molecular formula is C17H17FN8O. The molecule has 0 unspecified atom stereocenters. The molecule has 1 fully saturated rings. The van der Waals surface area contributed by atoms with Crippen molar-refractivity contribution in [1.29, 1.82) is 0 Å². The van der Waals surface area contributed by atoms with E-state index in [-0.39, 0.29) is 5.91 Å². The van der Waals surface area contributed by atoms with Crippen molar-refractivity contribution in [2.45, 2.75) is 19.1 Å². The van der Waals surface area contributed by atoms with Crippen molar-refractivity contribution in [2.24, 2.45) is 7.05 Å². The number of hydrogen-bond acceptors (Lipinski definition) is 6. The van der Waals surface area contributed by atoms with Crippen LogP contribution in [0.25, 0.3) is 5.82 Å². The standard InChI is InChI=1S/C17H17FN8O/c1-23-8-12(6-19-23)25-10-14-13(17(25)27)9-26(22-14)16-3-2-15(20-21-16)24-5-4-11(18)7-24/h2-3,6,8-9,11H,4-5,7,10H2,1H3/t11-/m0/s1. The molecule has 0 spiro atoms. The summed E-state index contributed by atoms with van der Waals surface area (Å²) in [7, 11) is 1.81. The first-order valence-corrected chi connectivity index (χ1v) is 8.70. The third kappa shape index (κ3) is 2.64. The smallest absolute Gasteiger partial charge is 0.262 e. The van der Waals surface area contributed by atoms with Gasteiger partial charge in [-0.1, -0.05) is 0 Å². The van der Waals surface area contributed by atoms with Gasteiger partial charge in [0.25, 0.3) is 5.91 Å². The molecule has 3 aromatic rings. The lowest BCUT2D eigenvalue weighted by atomic mass is 10.3. The van der Waals surface area contributed by atoms with E-state index in [1.165, 1.54) is 0 Å². The highest BCUT2D eigenvalue weighted by Crippen LogP contribution is 2.28. The number of nitrogens with zero attached hydrogens (tertiary/aromatic N) is 8. The summed E-state index contributed by atoms with van der Waals surface area (Å²) < 4.78 is 16.6. The maximum atomic E-state index is 13.3. The molecule has 1 atom stereocenters. The maximum Gasteiger partial charge on any atom is 0.262 e. The van der Waals surface area contributed by atoms with E-state index < -0.39 is 6.17 Å². The zero-order valence-electron chi connectivity index (χ0n) is 14.7. The summed E-state index contributed by atoms with van der Waals surface area (Å²) in [6, 6.07) is 3.58. The van der Waals surface area contributed by atoms with Crippen LogP contribution in [0.5, 0.6) is 0 Å².